The van der Waals surface area contributed by atoms with Gasteiger partial charge in [0.2, 0.25) is 5.91 Å². The average molecular weight is 377 g/mol. The van der Waals surface area contributed by atoms with Crippen LogP contribution in [-0.4, -0.2) is 49.4 Å². The molecule has 0 heterocycles. The molecule has 1 amide bonds. The number of Topliss-reactive ketones (excluding diaryl/α,β-unsaturated/α-hetero) is 1. The molecule has 7 N–H and O–H groups in total. The summed E-state index contributed by atoms with van der Waals surface area (Å²) in [5, 5.41) is 2.53. The zero-order chi connectivity index (χ0) is 20.4. The van der Waals surface area contributed by atoms with Crippen molar-refractivity contribution < 1.29 is 19.1 Å². The highest BCUT2D eigenvalue weighted by Gasteiger charge is 2.22. The minimum atomic E-state index is -0.832. The summed E-state index contributed by atoms with van der Waals surface area (Å²) < 4.78 is 5.15. The average Bonchev–Trinajstić information content (AvgIpc) is 2.61. The van der Waals surface area contributed by atoms with Crippen LogP contribution in [-0.2, 0) is 14.3 Å². The lowest BCUT2D eigenvalue weighted by Gasteiger charge is -2.17. The van der Waals surface area contributed by atoms with Gasteiger partial charge in [-0.3, -0.25) is 14.6 Å². The van der Waals surface area contributed by atoms with E-state index in [1.165, 1.54) is 0 Å². The predicted molar refractivity (Wildman–Crippen MR) is 102 cm³/mol. The molecule has 0 saturated heterocycles. The molecule has 0 aromatic heterocycles. The predicted octanol–water partition coefficient (Wildman–Crippen LogP) is -0.474. The molecule has 0 aliphatic carbocycles. The lowest BCUT2D eigenvalue weighted by atomic mass is 10.0. The molecule has 0 fully saturated rings. The molecular formula is C18H27N5O4. The fraction of sp³-hybridized carbons (Fsp3) is 0.444. The highest BCUT2D eigenvalue weighted by Crippen LogP contribution is 2.14. The van der Waals surface area contributed by atoms with Gasteiger partial charge in [0, 0.05) is 6.54 Å². The summed E-state index contributed by atoms with van der Waals surface area (Å²) in [7, 11) is 0. The van der Waals surface area contributed by atoms with Gasteiger partial charge in [-0.15, -0.1) is 0 Å². The molecule has 1 aromatic rings. The highest BCUT2D eigenvalue weighted by atomic mass is 16.5. The molecule has 0 saturated carbocycles. The lowest BCUT2D eigenvalue weighted by molar-refractivity contribution is -0.129. The largest absolute Gasteiger partial charge is 0.454 e. The van der Waals surface area contributed by atoms with E-state index in [2.05, 4.69) is 10.3 Å². The number of hydrogen-bond donors (Lipinski definition) is 4. The number of nitrogens with two attached hydrogens (primary N) is 3. The number of guanidine groups is 1. The van der Waals surface area contributed by atoms with Crippen LogP contribution in [0.4, 0.5) is 0 Å². The maximum absolute atomic E-state index is 12.4. The zero-order valence-electron chi connectivity index (χ0n) is 15.7. The van der Waals surface area contributed by atoms with Gasteiger partial charge in [-0.05, 0) is 37.8 Å². The zero-order valence-corrected chi connectivity index (χ0v) is 15.7. The van der Waals surface area contributed by atoms with Gasteiger partial charge < -0.3 is 27.3 Å². The first-order chi connectivity index (χ1) is 12.8. The Hall–Kier alpha value is -2.94. The van der Waals surface area contributed by atoms with Gasteiger partial charge in [-0.25, -0.2) is 4.79 Å². The first-order valence-corrected chi connectivity index (χ1v) is 8.57. The van der Waals surface area contributed by atoms with Crippen molar-refractivity contribution in [1.82, 2.24) is 5.32 Å². The van der Waals surface area contributed by atoms with Crippen LogP contribution in [0.5, 0.6) is 0 Å². The number of amides is 1. The van der Waals surface area contributed by atoms with E-state index in [4.69, 9.17) is 21.9 Å². The van der Waals surface area contributed by atoms with E-state index in [1.54, 1.807) is 26.0 Å². The second kappa shape index (κ2) is 10.9. The van der Waals surface area contributed by atoms with Crippen LogP contribution in [0.1, 0.15) is 34.3 Å². The summed E-state index contributed by atoms with van der Waals surface area (Å²) in [6.07, 6.45) is 0.756. The monoisotopic (exact) mass is 377 g/mol. The number of aryl methyl sites for hydroxylation is 2. The molecule has 1 aromatic carbocycles. The summed E-state index contributed by atoms with van der Waals surface area (Å²) in [6, 6.07) is 4.58. The normalized spacial score (nSPS) is 11.4. The van der Waals surface area contributed by atoms with Gasteiger partial charge in [0.05, 0.1) is 18.2 Å². The number of nitrogens with zero attached hydrogens (tertiary/aromatic N) is 1. The Labute approximate surface area is 158 Å². The summed E-state index contributed by atoms with van der Waals surface area (Å²) in [4.78, 5) is 40.1. The van der Waals surface area contributed by atoms with Crippen LogP contribution in [0.3, 0.4) is 0 Å². The SMILES string of the molecule is Cc1cccc(C)c1C(=O)OCC(=O)[C@H](CCCN=C(N)N)NC(=O)CN. The quantitative estimate of drug-likeness (QED) is 0.185. The maximum atomic E-state index is 12.4. The van der Waals surface area contributed by atoms with Crippen molar-refractivity contribution >= 4 is 23.6 Å². The van der Waals surface area contributed by atoms with Crippen molar-refractivity contribution in [2.45, 2.75) is 32.7 Å². The molecule has 148 valence electrons. The molecule has 0 aliphatic heterocycles. The molecule has 0 unspecified atom stereocenters. The van der Waals surface area contributed by atoms with Crippen molar-refractivity contribution in [3.05, 3.63) is 34.9 Å². The molecular weight excluding hydrogens is 350 g/mol. The fourth-order valence-electron chi connectivity index (χ4n) is 2.52. The number of rotatable bonds is 10. The van der Waals surface area contributed by atoms with Gasteiger partial charge in [0.15, 0.2) is 18.3 Å². The second-order valence-corrected chi connectivity index (χ2v) is 6.08. The number of ketones is 1. The third-order valence-electron chi connectivity index (χ3n) is 3.89. The van der Waals surface area contributed by atoms with Crippen molar-refractivity contribution in [3.63, 3.8) is 0 Å². The Morgan fingerprint density at radius 2 is 1.81 bits per heavy atom. The van der Waals surface area contributed by atoms with E-state index in [9.17, 15) is 14.4 Å². The number of esters is 1. The Bertz CT molecular complexity index is 693. The van der Waals surface area contributed by atoms with E-state index in [1.807, 2.05) is 6.07 Å². The van der Waals surface area contributed by atoms with Crippen molar-refractivity contribution in [2.75, 3.05) is 19.7 Å². The molecule has 1 rings (SSSR count). The number of benzene rings is 1. The fourth-order valence-corrected chi connectivity index (χ4v) is 2.52. The number of ether oxygens (including phenoxy) is 1. The van der Waals surface area contributed by atoms with Crippen LogP contribution < -0.4 is 22.5 Å². The van der Waals surface area contributed by atoms with Crippen LogP contribution in [0, 0.1) is 13.8 Å². The Balaban J connectivity index is 2.70. The standard InChI is InChI=1S/C18H27N5O4/c1-11-5-3-6-12(2)16(11)17(26)27-10-14(24)13(23-15(25)9-19)7-4-8-22-18(20)21/h3,5-6,13H,4,7-10,19H2,1-2H3,(H,23,25)(H4,20,21,22)/t13-/m0/s1. The van der Waals surface area contributed by atoms with Gasteiger partial charge in [0.1, 0.15) is 0 Å². The topological polar surface area (TPSA) is 163 Å². The molecule has 0 radical (unpaired) electrons. The van der Waals surface area contributed by atoms with Crippen molar-refractivity contribution in [1.29, 1.82) is 0 Å². The van der Waals surface area contributed by atoms with Gasteiger partial charge >= 0.3 is 5.97 Å². The van der Waals surface area contributed by atoms with E-state index in [0.717, 1.165) is 11.1 Å². The molecule has 9 nitrogen and oxygen atoms in total. The van der Waals surface area contributed by atoms with E-state index in [-0.39, 0.29) is 12.5 Å². The third-order valence-corrected chi connectivity index (χ3v) is 3.89. The number of carbonyl (C=O) groups is 3. The Morgan fingerprint density at radius 1 is 1.19 bits per heavy atom. The van der Waals surface area contributed by atoms with Crippen LogP contribution in [0.25, 0.3) is 0 Å². The molecule has 1 atom stereocenters. The molecule has 0 spiro atoms. The minimum absolute atomic E-state index is 0.0496. The summed E-state index contributed by atoms with van der Waals surface area (Å²) in [5.74, 6) is -1.54. The van der Waals surface area contributed by atoms with Crippen LogP contribution in [0.15, 0.2) is 23.2 Å². The highest BCUT2D eigenvalue weighted by molar-refractivity contribution is 5.96. The summed E-state index contributed by atoms with van der Waals surface area (Å²) in [5.41, 5.74) is 17.7. The molecule has 0 aliphatic rings. The number of hydrogen-bond acceptors (Lipinski definition) is 6. The number of carbonyl (C=O) groups excluding carboxylic acids is 3. The summed E-state index contributed by atoms with van der Waals surface area (Å²) >= 11 is 0. The van der Waals surface area contributed by atoms with E-state index < -0.39 is 30.3 Å². The number of nitrogens with one attached hydrogen (secondary N) is 1. The maximum Gasteiger partial charge on any atom is 0.339 e. The second-order valence-electron chi connectivity index (χ2n) is 6.08. The molecule has 9 heteroatoms. The molecule has 27 heavy (non-hydrogen) atoms. The number of aliphatic imine (C=N–C) groups is 1. The van der Waals surface area contributed by atoms with E-state index >= 15 is 0 Å². The van der Waals surface area contributed by atoms with Crippen LogP contribution in [0.2, 0.25) is 0 Å². The lowest BCUT2D eigenvalue weighted by Crippen LogP contribution is -2.45. The van der Waals surface area contributed by atoms with Crippen LogP contribution >= 0.6 is 0 Å². The smallest absolute Gasteiger partial charge is 0.339 e. The first-order valence-electron chi connectivity index (χ1n) is 8.57. The van der Waals surface area contributed by atoms with Gasteiger partial charge in [-0.1, -0.05) is 18.2 Å². The van der Waals surface area contributed by atoms with E-state index in [0.29, 0.717) is 24.9 Å². The van der Waals surface area contributed by atoms with Gasteiger partial charge in [-0.2, -0.15) is 0 Å². The van der Waals surface area contributed by atoms with Crippen molar-refractivity contribution in [3.8, 4) is 0 Å². The van der Waals surface area contributed by atoms with Gasteiger partial charge in [0.25, 0.3) is 0 Å². The third kappa shape index (κ3) is 7.45. The Morgan fingerprint density at radius 3 is 2.37 bits per heavy atom. The van der Waals surface area contributed by atoms with Crippen molar-refractivity contribution in [2.24, 2.45) is 22.2 Å². The Kier molecular flexibility index (Phi) is 8.94. The molecule has 0 bridgehead atoms. The summed E-state index contributed by atoms with van der Waals surface area (Å²) in [6.45, 7) is 3.19. The minimum Gasteiger partial charge on any atom is -0.454 e. The first kappa shape index (κ1) is 22.1.